The van der Waals surface area contributed by atoms with Crippen molar-refractivity contribution in [2.45, 2.75) is 104 Å². The van der Waals surface area contributed by atoms with Crippen molar-refractivity contribution < 1.29 is 28.2 Å². The quantitative estimate of drug-likeness (QED) is 0.101. The molecule has 2 heterocycles. The highest BCUT2D eigenvalue weighted by molar-refractivity contribution is 7.22. The normalized spacial score (nSPS) is 14.3. The van der Waals surface area contributed by atoms with Gasteiger partial charge in [0.05, 0.1) is 13.7 Å². The summed E-state index contributed by atoms with van der Waals surface area (Å²) < 4.78 is 25.2. The number of fused-ring (bicyclic) bond motifs is 1. The maximum absolute atomic E-state index is 13.8. The zero-order valence-corrected chi connectivity index (χ0v) is 38.0. The molecule has 0 saturated carbocycles. The number of methoxy groups -OCH3 is 1. The Kier molecular flexibility index (Phi) is 13.9. The van der Waals surface area contributed by atoms with Crippen LogP contribution in [0, 0.1) is 0 Å². The van der Waals surface area contributed by atoms with Crippen LogP contribution in [0.15, 0.2) is 91.0 Å². The van der Waals surface area contributed by atoms with Crippen LogP contribution in [-0.4, -0.2) is 63.7 Å². The summed E-state index contributed by atoms with van der Waals surface area (Å²) in [5.41, 5.74) is 5.64. The molecule has 1 atom stereocenters. The molecule has 2 N–H and O–H groups in total. The van der Waals surface area contributed by atoms with Gasteiger partial charge in [0.25, 0.3) is 0 Å². The minimum Gasteiger partial charge on any atom is -0.496 e. The summed E-state index contributed by atoms with van der Waals surface area (Å²) in [5.74, 6) is 1.36. The van der Waals surface area contributed by atoms with Crippen molar-refractivity contribution in [3.05, 3.63) is 113 Å². The molecule has 0 spiro atoms. The van der Waals surface area contributed by atoms with Gasteiger partial charge in [0.2, 0.25) is 5.91 Å². The van der Waals surface area contributed by atoms with Crippen molar-refractivity contribution in [3.63, 3.8) is 0 Å². The van der Waals surface area contributed by atoms with Gasteiger partial charge in [-0.1, -0.05) is 75.4 Å². The molecule has 1 aliphatic heterocycles. The number of carbonyl (C=O) groups excluding carboxylic acids is 2. The zero-order chi connectivity index (χ0) is 42.4. The van der Waals surface area contributed by atoms with Gasteiger partial charge in [-0.25, -0.2) is 4.79 Å². The number of amides is 2. The first-order chi connectivity index (χ1) is 28.0. The van der Waals surface area contributed by atoms with E-state index in [1.165, 1.54) is 34.9 Å². The fraction of sp³-hybridized carbons (Fsp3) is 0.417. The van der Waals surface area contributed by atoms with Crippen molar-refractivity contribution in [3.8, 4) is 21.9 Å². The highest BCUT2D eigenvalue weighted by atomic mass is 32.1. The smallest absolute Gasteiger partial charge is 0.408 e. The number of nitrogens with one attached hydrogen (secondary N) is 2. The van der Waals surface area contributed by atoms with Crippen LogP contribution in [0.5, 0.6) is 11.5 Å². The van der Waals surface area contributed by atoms with Crippen molar-refractivity contribution in [1.29, 1.82) is 0 Å². The molecule has 2 amide bonds. The molecule has 59 heavy (non-hydrogen) atoms. The summed E-state index contributed by atoms with van der Waals surface area (Å²) in [6.45, 7) is 19.7. The van der Waals surface area contributed by atoms with Gasteiger partial charge in [0, 0.05) is 27.4 Å². The first kappa shape index (κ1) is 43.9. The van der Waals surface area contributed by atoms with Crippen molar-refractivity contribution in [2.75, 3.05) is 32.1 Å². The molecule has 0 radical (unpaired) electrons. The predicted molar refractivity (Wildman–Crippen MR) is 243 cm³/mol. The SMILES string of the molecule is COc1cc(Cc2c(-c3ccc(NC(=O)[C@@H](CO[Si](C)(C)C(C)(C)C)NC(=O)OC(C)(C)C)cc3)sc3cc(OCc4ccccc4)ccc23)ccc1CN1CCCC1. The standard InChI is InChI=1S/C48H61N3O6SSi/c1-47(2,3)57-46(53)50-41(32-56-59(8,9)48(4,5)6)45(52)49-37-21-19-35(20-22-37)44-40(27-34-17-18-36(42(28-34)54-7)30-51-25-13-14-26-51)39-24-23-38(29-43(39)58-44)55-31-33-15-11-10-12-16-33/h10-12,15-24,28-29,41H,13-14,25-27,30-32H2,1-9H3,(H,49,52)(H,50,53)/t41-/m1/s1. The Labute approximate surface area is 355 Å². The van der Waals surface area contributed by atoms with Gasteiger partial charge >= 0.3 is 6.09 Å². The van der Waals surface area contributed by atoms with E-state index in [2.05, 4.69) is 97.9 Å². The molecule has 1 aliphatic rings. The van der Waals surface area contributed by atoms with E-state index in [-0.39, 0.29) is 17.6 Å². The molecule has 11 heteroatoms. The zero-order valence-electron chi connectivity index (χ0n) is 36.2. The Hall–Kier alpha value is -4.68. The monoisotopic (exact) mass is 835 g/mol. The van der Waals surface area contributed by atoms with Crippen molar-refractivity contribution >= 4 is 47.4 Å². The van der Waals surface area contributed by atoms with Crippen molar-refractivity contribution in [2.24, 2.45) is 0 Å². The molecule has 314 valence electrons. The highest BCUT2D eigenvalue weighted by Crippen LogP contribution is 2.42. The van der Waals surface area contributed by atoms with E-state index < -0.39 is 26.1 Å². The molecule has 9 nitrogen and oxygen atoms in total. The Morgan fingerprint density at radius 1 is 0.864 bits per heavy atom. The summed E-state index contributed by atoms with van der Waals surface area (Å²) in [6, 6.07) is 30.1. The third kappa shape index (κ3) is 11.7. The van der Waals surface area contributed by atoms with Crippen LogP contribution in [0.2, 0.25) is 18.1 Å². The second-order valence-corrected chi connectivity index (χ2v) is 23.8. The maximum Gasteiger partial charge on any atom is 0.408 e. The number of likely N-dealkylation sites (tertiary alicyclic amines) is 1. The summed E-state index contributed by atoms with van der Waals surface area (Å²) in [7, 11) is -0.468. The van der Waals surface area contributed by atoms with Crippen LogP contribution < -0.4 is 20.1 Å². The average Bonchev–Trinajstić information content (AvgIpc) is 3.83. The molecule has 1 fully saturated rings. The van der Waals surface area contributed by atoms with Gasteiger partial charge in [-0.05, 0) is 135 Å². The number of alkyl carbamates (subject to hydrolysis) is 1. The lowest BCUT2D eigenvalue weighted by Gasteiger charge is -2.37. The van der Waals surface area contributed by atoms with E-state index in [0.717, 1.165) is 51.8 Å². The van der Waals surface area contributed by atoms with E-state index >= 15 is 0 Å². The van der Waals surface area contributed by atoms with E-state index in [0.29, 0.717) is 18.7 Å². The van der Waals surface area contributed by atoms with Gasteiger partial charge < -0.3 is 29.3 Å². The molecule has 4 aromatic carbocycles. The lowest BCUT2D eigenvalue weighted by molar-refractivity contribution is -0.119. The summed E-state index contributed by atoms with van der Waals surface area (Å²) in [6.07, 6.45) is 2.54. The lowest BCUT2D eigenvalue weighted by atomic mass is 9.97. The number of hydrogen-bond donors (Lipinski definition) is 2. The van der Waals surface area contributed by atoms with E-state index in [1.807, 2.05) is 42.5 Å². The van der Waals surface area contributed by atoms with Crippen molar-refractivity contribution in [1.82, 2.24) is 10.2 Å². The third-order valence-electron chi connectivity index (χ3n) is 11.2. The highest BCUT2D eigenvalue weighted by Gasteiger charge is 2.38. The molecule has 0 unspecified atom stereocenters. The van der Waals surface area contributed by atoms with E-state index in [9.17, 15) is 9.59 Å². The number of ether oxygens (including phenoxy) is 3. The maximum atomic E-state index is 13.8. The Morgan fingerprint density at radius 3 is 2.24 bits per heavy atom. The first-order valence-electron chi connectivity index (χ1n) is 20.6. The first-order valence-corrected chi connectivity index (χ1v) is 24.4. The van der Waals surface area contributed by atoms with E-state index in [1.54, 1.807) is 39.2 Å². The second-order valence-electron chi connectivity index (χ2n) is 18.0. The van der Waals surface area contributed by atoms with Gasteiger partial charge in [-0.15, -0.1) is 11.3 Å². The topological polar surface area (TPSA) is 98.4 Å². The number of hydrogen-bond acceptors (Lipinski definition) is 8. The number of rotatable bonds is 15. The molecule has 1 saturated heterocycles. The fourth-order valence-electron chi connectivity index (χ4n) is 6.86. The lowest BCUT2D eigenvalue weighted by Crippen LogP contribution is -2.51. The Balaban J connectivity index is 1.27. The number of thiophene rings is 1. The fourth-order valence-corrected chi connectivity index (χ4v) is 9.13. The van der Waals surface area contributed by atoms with Crippen LogP contribution in [0.25, 0.3) is 20.5 Å². The van der Waals surface area contributed by atoms with Gasteiger partial charge in [-0.2, -0.15) is 0 Å². The average molecular weight is 836 g/mol. The number of carbonyl (C=O) groups is 2. The summed E-state index contributed by atoms with van der Waals surface area (Å²) in [5, 5.41) is 6.88. The van der Waals surface area contributed by atoms with Gasteiger partial charge in [0.1, 0.15) is 29.7 Å². The summed E-state index contributed by atoms with van der Waals surface area (Å²) >= 11 is 1.73. The van der Waals surface area contributed by atoms with Crippen LogP contribution in [0.3, 0.4) is 0 Å². The largest absolute Gasteiger partial charge is 0.496 e. The van der Waals surface area contributed by atoms with Crippen LogP contribution >= 0.6 is 11.3 Å². The molecule has 1 aromatic heterocycles. The Morgan fingerprint density at radius 2 is 1.58 bits per heavy atom. The Bertz CT molecular complexity index is 2200. The van der Waals surface area contributed by atoms with E-state index in [4.69, 9.17) is 18.6 Å². The molecular formula is C48H61N3O6SSi. The predicted octanol–water partition coefficient (Wildman–Crippen LogP) is 11.2. The molecular weight excluding hydrogens is 775 g/mol. The molecule has 6 rings (SSSR count). The van der Waals surface area contributed by atoms with Gasteiger partial charge in [-0.3, -0.25) is 9.69 Å². The van der Waals surface area contributed by atoms with Crippen LogP contribution in [0.4, 0.5) is 10.5 Å². The minimum absolute atomic E-state index is 0.0336. The summed E-state index contributed by atoms with van der Waals surface area (Å²) in [4.78, 5) is 30.3. The van der Waals surface area contributed by atoms with Crippen LogP contribution in [-0.2, 0) is 33.5 Å². The number of nitrogens with zero attached hydrogens (tertiary/aromatic N) is 1. The van der Waals surface area contributed by atoms with Gasteiger partial charge in [0.15, 0.2) is 8.32 Å². The number of anilines is 1. The second kappa shape index (κ2) is 18.7. The third-order valence-corrected chi connectivity index (χ3v) is 16.9. The molecule has 0 bridgehead atoms. The minimum atomic E-state index is -2.22. The van der Waals surface area contributed by atoms with Crippen LogP contribution in [0.1, 0.15) is 76.6 Å². The molecule has 5 aromatic rings. The molecule has 0 aliphatic carbocycles. The number of benzene rings is 4.